The van der Waals surface area contributed by atoms with Gasteiger partial charge < -0.3 is 4.74 Å². The van der Waals surface area contributed by atoms with Crippen LogP contribution in [0.4, 0.5) is 11.4 Å². The van der Waals surface area contributed by atoms with Gasteiger partial charge in [-0.25, -0.2) is 4.90 Å². The average molecular weight is 410 g/mol. The van der Waals surface area contributed by atoms with Crippen LogP contribution in [0.3, 0.4) is 0 Å². The number of hydrogen-bond donors (Lipinski definition) is 0. The molecule has 0 saturated carbocycles. The van der Waals surface area contributed by atoms with Crippen LogP contribution in [0, 0.1) is 10.1 Å². The van der Waals surface area contributed by atoms with Gasteiger partial charge in [0.1, 0.15) is 17.1 Å². The molecular formula is C24H14N2O5. The molecule has 7 nitrogen and oxygen atoms in total. The second-order valence-electron chi connectivity index (χ2n) is 7.01. The van der Waals surface area contributed by atoms with Gasteiger partial charge in [-0.15, -0.1) is 0 Å². The topological polar surface area (TPSA) is 89.8 Å². The molecule has 1 aliphatic rings. The van der Waals surface area contributed by atoms with Crippen molar-refractivity contribution in [1.82, 2.24) is 0 Å². The molecule has 0 atom stereocenters. The number of imide groups is 1. The molecule has 0 unspecified atom stereocenters. The fraction of sp³-hybridized carbons (Fsp3) is 0. The summed E-state index contributed by atoms with van der Waals surface area (Å²) in [6.45, 7) is 0. The van der Waals surface area contributed by atoms with Gasteiger partial charge in [-0.3, -0.25) is 19.7 Å². The van der Waals surface area contributed by atoms with Gasteiger partial charge in [-0.1, -0.05) is 36.4 Å². The SMILES string of the molecule is O=C1c2cccc([N+](=O)[O-])c2C(=O)N1c1ccc(Oc2ccc3ccccc3c2)cc1. The largest absolute Gasteiger partial charge is 0.457 e. The first-order valence-electron chi connectivity index (χ1n) is 9.46. The highest BCUT2D eigenvalue weighted by Crippen LogP contribution is 2.35. The van der Waals surface area contributed by atoms with Crippen molar-refractivity contribution in [2.24, 2.45) is 0 Å². The van der Waals surface area contributed by atoms with Crippen LogP contribution >= 0.6 is 0 Å². The molecule has 0 aromatic heterocycles. The van der Waals surface area contributed by atoms with Crippen molar-refractivity contribution >= 4 is 34.0 Å². The van der Waals surface area contributed by atoms with Gasteiger partial charge in [0, 0.05) is 6.07 Å². The lowest BCUT2D eigenvalue weighted by Crippen LogP contribution is -2.29. The molecule has 0 bridgehead atoms. The lowest BCUT2D eigenvalue weighted by atomic mass is 10.1. The maximum atomic E-state index is 12.8. The number of nitro benzene ring substituents is 1. The summed E-state index contributed by atoms with van der Waals surface area (Å²) in [6.07, 6.45) is 0. The summed E-state index contributed by atoms with van der Waals surface area (Å²) in [6, 6.07) is 24.1. The Balaban J connectivity index is 1.42. The summed E-state index contributed by atoms with van der Waals surface area (Å²) < 4.78 is 5.89. The van der Waals surface area contributed by atoms with E-state index in [1.54, 1.807) is 24.3 Å². The number of anilines is 1. The van der Waals surface area contributed by atoms with Crippen LogP contribution in [0.1, 0.15) is 20.7 Å². The molecule has 0 saturated heterocycles. The van der Waals surface area contributed by atoms with Crippen LogP contribution in [0.2, 0.25) is 0 Å². The highest BCUT2D eigenvalue weighted by atomic mass is 16.6. The number of nitro groups is 1. The van der Waals surface area contributed by atoms with Crippen molar-refractivity contribution in [3.63, 3.8) is 0 Å². The summed E-state index contributed by atoms with van der Waals surface area (Å²) in [5.41, 5.74) is -0.231. The molecule has 0 aliphatic carbocycles. The van der Waals surface area contributed by atoms with Crippen molar-refractivity contribution < 1.29 is 19.2 Å². The molecule has 4 aromatic rings. The van der Waals surface area contributed by atoms with E-state index in [1.807, 2.05) is 42.5 Å². The molecule has 0 spiro atoms. The summed E-state index contributed by atoms with van der Waals surface area (Å²) in [5.74, 6) is -0.119. The zero-order valence-electron chi connectivity index (χ0n) is 16.0. The predicted octanol–water partition coefficient (Wildman–Crippen LogP) is 5.34. The quantitative estimate of drug-likeness (QED) is 0.257. The lowest BCUT2D eigenvalue weighted by Gasteiger charge is -2.14. The third kappa shape index (κ3) is 3.08. The zero-order chi connectivity index (χ0) is 21.5. The van der Waals surface area contributed by atoms with E-state index < -0.39 is 16.7 Å². The van der Waals surface area contributed by atoms with E-state index in [0.717, 1.165) is 15.7 Å². The van der Waals surface area contributed by atoms with E-state index in [-0.39, 0.29) is 16.8 Å². The number of carbonyl (C=O) groups is 2. The maximum absolute atomic E-state index is 12.8. The molecule has 0 fully saturated rings. The molecule has 0 radical (unpaired) electrons. The summed E-state index contributed by atoms with van der Waals surface area (Å²) >= 11 is 0. The number of benzene rings is 4. The minimum absolute atomic E-state index is 0.0238. The number of hydrogen-bond acceptors (Lipinski definition) is 5. The van der Waals surface area contributed by atoms with E-state index in [4.69, 9.17) is 4.74 Å². The highest BCUT2D eigenvalue weighted by molar-refractivity contribution is 6.35. The van der Waals surface area contributed by atoms with E-state index in [1.165, 1.54) is 18.2 Å². The van der Waals surface area contributed by atoms with Crippen LogP contribution in [0.15, 0.2) is 84.9 Å². The van der Waals surface area contributed by atoms with Crippen LogP contribution in [0.25, 0.3) is 10.8 Å². The van der Waals surface area contributed by atoms with Crippen molar-refractivity contribution in [3.8, 4) is 11.5 Å². The van der Waals surface area contributed by atoms with Gasteiger partial charge in [-0.05, 0) is 53.2 Å². The first kappa shape index (κ1) is 18.5. The molecular weight excluding hydrogens is 396 g/mol. The number of fused-ring (bicyclic) bond motifs is 2. The minimum Gasteiger partial charge on any atom is -0.457 e. The molecule has 1 aliphatic heterocycles. The number of carbonyl (C=O) groups excluding carboxylic acids is 2. The van der Waals surface area contributed by atoms with Crippen LogP contribution in [0.5, 0.6) is 11.5 Å². The smallest absolute Gasteiger partial charge is 0.283 e. The summed E-state index contributed by atoms with van der Waals surface area (Å²) in [4.78, 5) is 37.1. The number of ether oxygens (including phenoxy) is 1. The maximum Gasteiger partial charge on any atom is 0.283 e. The molecule has 0 N–H and O–H groups in total. The normalized spacial score (nSPS) is 12.8. The predicted molar refractivity (Wildman–Crippen MR) is 115 cm³/mol. The third-order valence-corrected chi connectivity index (χ3v) is 5.14. The first-order valence-corrected chi connectivity index (χ1v) is 9.46. The molecule has 150 valence electrons. The Hall–Kier alpha value is -4.52. The Morgan fingerprint density at radius 3 is 2.19 bits per heavy atom. The van der Waals surface area contributed by atoms with Gasteiger partial charge in [0.25, 0.3) is 17.5 Å². The number of amides is 2. The monoisotopic (exact) mass is 410 g/mol. The fourth-order valence-electron chi connectivity index (χ4n) is 3.68. The van der Waals surface area contributed by atoms with Crippen molar-refractivity contribution in [2.75, 3.05) is 4.90 Å². The van der Waals surface area contributed by atoms with Gasteiger partial charge in [0.15, 0.2) is 0 Å². The Kier molecular flexibility index (Phi) is 4.22. The van der Waals surface area contributed by atoms with Gasteiger partial charge in [-0.2, -0.15) is 0 Å². The average Bonchev–Trinajstić information content (AvgIpc) is 3.04. The van der Waals surface area contributed by atoms with Gasteiger partial charge >= 0.3 is 0 Å². The third-order valence-electron chi connectivity index (χ3n) is 5.14. The van der Waals surface area contributed by atoms with Crippen molar-refractivity contribution in [2.45, 2.75) is 0 Å². The van der Waals surface area contributed by atoms with Gasteiger partial charge in [0.05, 0.1) is 16.2 Å². The fourth-order valence-corrected chi connectivity index (χ4v) is 3.68. The molecule has 1 heterocycles. The Morgan fingerprint density at radius 1 is 0.742 bits per heavy atom. The molecule has 2 amide bonds. The van der Waals surface area contributed by atoms with Gasteiger partial charge in [0.2, 0.25) is 0 Å². The second kappa shape index (κ2) is 7.07. The van der Waals surface area contributed by atoms with E-state index in [0.29, 0.717) is 17.2 Å². The molecule has 31 heavy (non-hydrogen) atoms. The molecule has 4 aromatic carbocycles. The first-order chi connectivity index (χ1) is 15.0. The van der Waals surface area contributed by atoms with Crippen LogP contribution in [-0.2, 0) is 0 Å². The molecule has 5 rings (SSSR count). The number of nitrogens with zero attached hydrogens (tertiary/aromatic N) is 2. The van der Waals surface area contributed by atoms with E-state index in [2.05, 4.69) is 0 Å². The molecule has 7 heteroatoms. The second-order valence-corrected chi connectivity index (χ2v) is 7.01. The van der Waals surface area contributed by atoms with E-state index in [9.17, 15) is 19.7 Å². The van der Waals surface area contributed by atoms with Crippen LogP contribution < -0.4 is 9.64 Å². The van der Waals surface area contributed by atoms with Crippen molar-refractivity contribution in [3.05, 3.63) is 106 Å². The summed E-state index contributed by atoms with van der Waals surface area (Å²) in [7, 11) is 0. The zero-order valence-corrected chi connectivity index (χ0v) is 16.0. The van der Waals surface area contributed by atoms with E-state index >= 15 is 0 Å². The Labute approximate surface area is 176 Å². The summed E-state index contributed by atoms with van der Waals surface area (Å²) in [5, 5.41) is 13.4. The minimum atomic E-state index is -0.713. The lowest BCUT2D eigenvalue weighted by molar-refractivity contribution is -0.385. The van der Waals surface area contributed by atoms with Crippen molar-refractivity contribution in [1.29, 1.82) is 0 Å². The van der Waals surface area contributed by atoms with Crippen LogP contribution in [-0.4, -0.2) is 16.7 Å². The Bertz CT molecular complexity index is 1380. The number of rotatable bonds is 4. The standard InChI is InChI=1S/C24H14N2O5/c27-23-20-6-3-7-21(26(29)30)22(20)24(28)25(23)17-9-12-18(13-10-17)31-19-11-8-15-4-1-2-5-16(15)14-19/h1-14H. The highest BCUT2D eigenvalue weighted by Gasteiger charge is 2.41. The Morgan fingerprint density at radius 2 is 1.45 bits per heavy atom.